The van der Waals surface area contributed by atoms with Crippen LogP contribution in [0.5, 0.6) is 0 Å². The topological polar surface area (TPSA) is 65.2 Å². The van der Waals surface area contributed by atoms with E-state index in [0.29, 0.717) is 25.1 Å². The Kier molecular flexibility index (Phi) is 9.24. The van der Waals surface area contributed by atoms with Crippen LogP contribution in [-0.4, -0.2) is 48.3 Å². The minimum atomic E-state index is -4.97. The van der Waals surface area contributed by atoms with Crippen molar-refractivity contribution in [1.29, 1.82) is 0 Å². The van der Waals surface area contributed by atoms with Crippen molar-refractivity contribution in [1.82, 2.24) is 15.2 Å². The summed E-state index contributed by atoms with van der Waals surface area (Å²) in [5.41, 5.74) is -1.54. The summed E-state index contributed by atoms with van der Waals surface area (Å²) in [7, 11) is 3.72. The molecule has 3 rings (SSSR count). The van der Waals surface area contributed by atoms with E-state index in [1.165, 1.54) is 0 Å². The monoisotopic (exact) mass is 541 g/mol. The molecule has 5 nitrogen and oxygen atoms in total. The van der Waals surface area contributed by atoms with Crippen LogP contribution < -0.4 is 5.32 Å². The number of hydrogen-bond acceptors (Lipinski definition) is 3. The predicted octanol–water partition coefficient (Wildman–Crippen LogP) is 5.78. The zero-order valence-corrected chi connectivity index (χ0v) is 21.0. The number of benzene rings is 2. The molecule has 0 aliphatic heterocycles. The number of aromatic amines is 1. The van der Waals surface area contributed by atoms with Crippen molar-refractivity contribution in [3.05, 3.63) is 70.9 Å². The van der Waals surface area contributed by atoms with Crippen molar-refractivity contribution in [2.75, 3.05) is 20.6 Å². The Morgan fingerprint density at radius 1 is 0.947 bits per heavy atom. The Morgan fingerprint density at radius 3 is 2.18 bits per heavy atom. The number of H-pyrrole nitrogens is 1. The quantitative estimate of drug-likeness (QED) is 0.303. The number of ketones is 1. The highest BCUT2D eigenvalue weighted by Gasteiger charge is 2.37. The molecule has 2 aromatic carbocycles. The van der Waals surface area contributed by atoms with Crippen molar-refractivity contribution in [2.24, 2.45) is 0 Å². The van der Waals surface area contributed by atoms with Gasteiger partial charge in [-0.3, -0.25) is 9.59 Å². The number of aromatic nitrogens is 1. The highest BCUT2D eigenvalue weighted by atomic mass is 19.4. The summed E-state index contributed by atoms with van der Waals surface area (Å²) in [6, 6.07) is 7.66. The van der Waals surface area contributed by atoms with E-state index in [-0.39, 0.29) is 43.2 Å². The summed E-state index contributed by atoms with van der Waals surface area (Å²) in [5.74, 6) is -0.842. The fourth-order valence-corrected chi connectivity index (χ4v) is 4.19. The average Bonchev–Trinajstić information content (AvgIpc) is 3.23. The highest BCUT2D eigenvalue weighted by Crippen LogP contribution is 2.36. The van der Waals surface area contributed by atoms with Gasteiger partial charge in [0.25, 0.3) is 0 Å². The Hall–Kier alpha value is -3.34. The SMILES string of the molecule is CN(C)CCCC(=O)N[C@@H](Cc1c[nH]c2ccccc12)C(=O)CCc1cc(C(F)(F)F)cc(C(F)(F)F)c1. The van der Waals surface area contributed by atoms with Crippen molar-refractivity contribution in [3.8, 4) is 0 Å². The normalized spacial score (nSPS) is 13.2. The van der Waals surface area contributed by atoms with Crippen molar-refractivity contribution in [3.63, 3.8) is 0 Å². The molecule has 0 aliphatic carbocycles. The number of rotatable bonds is 11. The number of carbonyl (C=O) groups is 2. The van der Waals surface area contributed by atoms with Crippen LogP contribution in [0.25, 0.3) is 10.9 Å². The number of halogens is 6. The molecule has 0 saturated heterocycles. The van der Waals surface area contributed by atoms with Gasteiger partial charge in [0, 0.05) is 36.4 Å². The van der Waals surface area contributed by atoms with Crippen LogP contribution >= 0.6 is 0 Å². The largest absolute Gasteiger partial charge is 0.416 e. The van der Waals surface area contributed by atoms with E-state index >= 15 is 0 Å². The molecule has 0 aliphatic rings. The standard InChI is InChI=1S/C27H29F6N3O2/c1-36(2)11-5-8-25(38)35-23(14-18-16-34-22-7-4-3-6-21(18)22)24(37)10-9-17-12-19(26(28,29)30)15-20(13-17)27(31,32)33/h3-4,6-7,12-13,15-16,23,34H,5,8-11,14H2,1-2H3,(H,35,38)/t23-/m0/s1. The maximum atomic E-state index is 13.2. The first-order valence-corrected chi connectivity index (χ1v) is 12.0. The molecule has 3 aromatic rings. The second-order valence-electron chi connectivity index (χ2n) is 9.47. The van der Waals surface area contributed by atoms with Gasteiger partial charge in [-0.25, -0.2) is 0 Å². The molecule has 206 valence electrons. The van der Waals surface area contributed by atoms with Gasteiger partial charge < -0.3 is 15.2 Å². The molecular formula is C27H29F6N3O2. The number of para-hydroxylation sites is 1. The maximum absolute atomic E-state index is 13.2. The van der Waals surface area contributed by atoms with Crippen molar-refractivity contribution >= 4 is 22.6 Å². The van der Waals surface area contributed by atoms with Crippen molar-refractivity contribution in [2.45, 2.75) is 50.5 Å². The Labute approximate surface area is 216 Å². The number of amides is 1. The van der Waals surface area contributed by atoms with Gasteiger partial charge in [-0.15, -0.1) is 0 Å². The molecule has 0 saturated carbocycles. The molecule has 0 radical (unpaired) electrons. The van der Waals surface area contributed by atoms with E-state index in [4.69, 9.17) is 0 Å². The second-order valence-corrected chi connectivity index (χ2v) is 9.47. The van der Waals surface area contributed by atoms with Gasteiger partial charge in [-0.1, -0.05) is 18.2 Å². The Balaban J connectivity index is 1.80. The van der Waals surface area contributed by atoms with E-state index in [9.17, 15) is 35.9 Å². The van der Waals surface area contributed by atoms with E-state index < -0.39 is 35.3 Å². The molecule has 0 bridgehead atoms. The van der Waals surface area contributed by atoms with E-state index in [0.717, 1.165) is 16.5 Å². The molecule has 2 N–H and O–H groups in total. The summed E-state index contributed by atoms with van der Waals surface area (Å²) in [5, 5.41) is 3.57. The van der Waals surface area contributed by atoms with Gasteiger partial charge in [0.2, 0.25) is 5.91 Å². The number of alkyl halides is 6. The van der Waals surface area contributed by atoms with Gasteiger partial charge in [-0.2, -0.15) is 26.3 Å². The number of aryl methyl sites for hydroxylation is 1. The van der Waals surface area contributed by atoms with Crippen molar-refractivity contribution < 1.29 is 35.9 Å². The van der Waals surface area contributed by atoms with Crippen LogP contribution in [0.4, 0.5) is 26.3 Å². The lowest BCUT2D eigenvalue weighted by Crippen LogP contribution is -2.42. The molecule has 1 aromatic heterocycles. The number of hydrogen-bond donors (Lipinski definition) is 2. The van der Waals surface area contributed by atoms with Crippen LogP contribution in [-0.2, 0) is 34.8 Å². The number of fused-ring (bicyclic) bond motifs is 1. The lowest BCUT2D eigenvalue weighted by Gasteiger charge is -2.19. The summed E-state index contributed by atoms with van der Waals surface area (Å²) in [4.78, 5) is 30.8. The van der Waals surface area contributed by atoms with Gasteiger partial charge >= 0.3 is 12.4 Å². The Bertz CT molecular complexity index is 1230. The first-order chi connectivity index (χ1) is 17.7. The number of Topliss-reactive ketones (excluding diaryl/α,β-unsaturated/α-hetero) is 1. The highest BCUT2D eigenvalue weighted by molar-refractivity contribution is 5.91. The van der Waals surface area contributed by atoms with Gasteiger partial charge in [0.1, 0.15) is 0 Å². The van der Waals surface area contributed by atoms with E-state index in [2.05, 4.69) is 10.3 Å². The molecule has 38 heavy (non-hydrogen) atoms. The van der Waals surface area contributed by atoms with Crippen LogP contribution in [0.15, 0.2) is 48.7 Å². The zero-order valence-electron chi connectivity index (χ0n) is 21.0. The second kappa shape index (κ2) is 12.0. The number of nitrogens with one attached hydrogen (secondary N) is 2. The molecular weight excluding hydrogens is 512 g/mol. The first-order valence-electron chi connectivity index (χ1n) is 12.0. The smallest absolute Gasteiger partial charge is 0.361 e. The van der Waals surface area contributed by atoms with Gasteiger partial charge in [0.15, 0.2) is 5.78 Å². The summed E-state index contributed by atoms with van der Waals surface area (Å²) >= 11 is 0. The third-order valence-electron chi connectivity index (χ3n) is 6.14. The minimum Gasteiger partial charge on any atom is -0.361 e. The molecule has 1 amide bonds. The molecule has 0 spiro atoms. The van der Waals surface area contributed by atoms with Crippen LogP contribution in [0.2, 0.25) is 0 Å². The lowest BCUT2D eigenvalue weighted by molar-refractivity contribution is -0.143. The van der Waals surface area contributed by atoms with Crippen LogP contribution in [0.3, 0.4) is 0 Å². The average molecular weight is 542 g/mol. The van der Waals surface area contributed by atoms with Gasteiger partial charge in [-0.05, 0) is 68.9 Å². The number of carbonyl (C=O) groups excluding carboxylic acids is 2. The molecule has 11 heteroatoms. The lowest BCUT2D eigenvalue weighted by atomic mass is 9.95. The molecule has 0 fully saturated rings. The molecule has 1 atom stereocenters. The zero-order chi connectivity index (χ0) is 28.1. The third-order valence-corrected chi connectivity index (χ3v) is 6.14. The first kappa shape index (κ1) is 29.2. The summed E-state index contributed by atoms with van der Waals surface area (Å²) < 4.78 is 79.3. The fraction of sp³-hybridized carbons (Fsp3) is 0.407. The van der Waals surface area contributed by atoms with Crippen LogP contribution in [0, 0.1) is 0 Å². The molecule has 1 heterocycles. The van der Waals surface area contributed by atoms with Gasteiger partial charge in [0.05, 0.1) is 17.2 Å². The third kappa shape index (κ3) is 8.08. The van der Waals surface area contributed by atoms with E-state index in [1.807, 2.05) is 43.3 Å². The fourth-order valence-electron chi connectivity index (χ4n) is 4.19. The predicted molar refractivity (Wildman–Crippen MR) is 131 cm³/mol. The maximum Gasteiger partial charge on any atom is 0.416 e. The summed E-state index contributed by atoms with van der Waals surface area (Å²) in [6.07, 6.45) is -8.08. The van der Waals surface area contributed by atoms with Crippen LogP contribution in [0.1, 0.15) is 41.5 Å². The Morgan fingerprint density at radius 2 is 1.58 bits per heavy atom. The number of nitrogens with zero attached hydrogens (tertiary/aromatic N) is 1. The minimum absolute atomic E-state index is 0.0547. The summed E-state index contributed by atoms with van der Waals surface area (Å²) in [6.45, 7) is 0.658. The molecule has 0 unspecified atom stereocenters. The van der Waals surface area contributed by atoms with E-state index in [1.54, 1.807) is 6.20 Å².